The minimum absolute atomic E-state index is 0.374. The molecule has 4 aromatic rings. The van der Waals surface area contributed by atoms with Gasteiger partial charge in [-0.25, -0.2) is 4.79 Å². The van der Waals surface area contributed by atoms with Crippen molar-refractivity contribution in [2.24, 2.45) is 0 Å². The molecule has 0 unspecified atom stereocenters. The third kappa shape index (κ3) is 3.26. The molecule has 4 heteroatoms. The lowest BCUT2D eigenvalue weighted by molar-refractivity contribution is 1.09. The van der Waals surface area contributed by atoms with Gasteiger partial charge >= 0.3 is 5.69 Å². The van der Waals surface area contributed by atoms with Crippen LogP contribution in [0.1, 0.15) is 0 Å². The van der Waals surface area contributed by atoms with Crippen LogP contribution < -0.4 is 11.0 Å². The summed E-state index contributed by atoms with van der Waals surface area (Å²) >= 11 is 0. The number of aromatic nitrogens is 2. The van der Waals surface area contributed by atoms with Gasteiger partial charge in [0.25, 0.3) is 0 Å². The first-order valence-corrected chi connectivity index (χ1v) is 8.38. The number of rotatable bonds is 4. The average Bonchev–Trinajstić information content (AvgIpc) is 2.71. The lowest BCUT2D eigenvalue weighted by Gasteiger charge is -2.16. The van der Waals surface area contributed by atoms with Gasteiger partial charge in [-0.1, -0.05) is 78.9 Å². The van der Waals surface area contributed by atoms with Gasteiger partial charge in [-0.05, 0) is 12.1 Å². The van der Waals surface area contributed by atoms with Crippen LogP contribution in [0.2, 0.25) is 0 Å². The maximum absolute atomic E-state index is 12.3. The first-order chi connectivity index (χ1) is 12.8. The Kier molecular flexibility index (Phi) is 4.31. The Morgan fingerprint density at radius 1 is 0.692 bits per heavy atom. The van der Waals surface area contributed by atoms with E-state index in [0.29, 0.717) is 11.4 Å². The number of anilines is 2. The highest BCUT2D eigenvalue weighted by atomic mass is 16.1. The molecule has 126 valence electrons. The highest BCUT2D eigenvalue weighted by molar-refractivity contribution is 5.88. The second kappa shape index (κ2) is 7.07. The molecule has 1 heterocycles. The summed E-state index contributed by atoms with van der Waals surface area (Å²) < 4.78 is 0. The van der Waals surface area contributed by atoms with Gasteiger partial charge < -0.3 is 10.3 Å². The molecule has 0 aliphatic heterocycles. The smallest absolute Gasteiger partial charge is 0.346 e. The molecule has 0 aliphatic carbocycles. The highest BCUT2D eigenvalue weighted by Gasteiger charge is 2.15. The van der Waals surface area contributed by atoms with Crippen LogP contribution in [-0.4, -0.2) is 9.97 Å². The quantitative estimate of drug-likeness (QED) is 0.559. The average molecular weight is 339 g/mol. The number of nitrogens with zero attached hydrogens (tertiary/aromatic N) is 1. The van der Waals surface area contributed by atoms with Gasteiger partial charge in [-0.15, -0.1) is 0 Å². The normalized spacial score (nSPS) is 10.5. The van der Waals surface area contributed by atoms with Crippen molar-refractivity contribution < 1.29 is 0 Å². The van der Waals surface area contributed by atoms with E-state index in [2.05, 4.69) is 15.3 Å². The van der Waals surface area contributed by atoms with E-state index in [1.165, 1.54) is 0 Å². The maximum Gasteiger partial charge on any atom is 0.346 e. The molecule has 0 fully saturated rings. The van der Waals surface area contributed by atoms with Gasteiger partial charge in [-0.2, -0.15) is 4.98 Å². The predicted octanol–water partition coefficient (Wildman–Crippen LogP) is 4.85. The standard InChI is InChI=1S/C22H17N3O/c26-22-24-19(16-10-4-1-5-11-16)21(23-18-14-8-3-9-15-18)20(25-22)17-12-6-2-7-13-17/h1-15,23H,(H,24,25,26). The van der Waals surface area contributed by atoms with Gasteiger partial charge in [0.15, 0.2) is 0 Å². The Morgan fingerprint density at radius 2 is 1.23 bits per heavy atom. The lowest BCUT2D eigenvalue weighted by atomic mass is 10.0. The predicted molar refractivity (Wildman–Crippen MR) is 105 cm³/mol. The summed E-state index contributed by atoms with van der Waals surface area (Å²) in [6.07, 6.45) is 0. The molecule has 0 saturated carbocycles. The molecule has 3 aromatic carbocycles. The number of hydrogen-bond donors (Lipinski definition) is 2. The van der Waals surface area contributed by atoms with Gasteiger partial charge in [-0.3, -0.25) is 0 Å². The van der Waals surface area contributed by atoms with Gasteiger partial charge in [0.2, 0.25) is 0 Å². The van der Waals surface area contributed by atoms with E-state index in [4.69, 9.17) is 0 Å². The fraction of sp³-hybridized carbons (Fsp3) is 0. The van der Waals surface area contributed by atoms with Gasteiger partial charge in [0.05, 0.1) is 11.4 Å². The molecular formula is C22H17N3O. The third-order valence-electron chi connectivity index (χ3n) is 4.08. The van der Waals surface area contributed by atoms with Crippen LogP contribution >= 0.6 is 0 Å². The molecule has 0 amide bonds. The van der Waals surface area contributed by atoms with Crippen LogP contribution in [-0.2, 0) is 0 Å². The van der Waals surface area contributed by atoms with Crippen molar-refractivity contribution in [2.75, 3.05) is 5.32 Å². The third-order valence-corrected chi connectivity index (χ3v) is 4.08. The van der Waals surface area contributed by atoms with Crippen molar-refractivity contribution in [3.63, 3.8) is 0 Å². The molecular weight excluding hydrogens is 322 g/mol. The lowest BCUT2D eigenvalue weighted by Crippen LogP contribution is -2.15. The number of para-hydroxylation sites is 1. The van der Waals surface area contributed by atoms with E-state index < -0.39 is 0 Å². The van der Waals surface area contributed by atoms with Crippen LogP contribution in [0.4, 0.5) is 11.4 Å². The zero-order chi connectivity index (χ0) is 17.8. The molecule has 0 bridgehead atoms. The summed E-state index contributed by atoms with van der Waals surface area (Å²) in [5, 5.41) is 3.43. The Morgan fingerprint density at radius 3 is 1.85 bits per heavy atom. The Hall–Kier alpha value is -3.66. The summed E-state index contributed by atoms with van der Waals surface area (Å²) in [6.45, 7) is 0. The molecule has 0 radical (unpaired) electrons. The number of nitrogens with one attached hydrogen (secondary N) is 2. The van der Waals surface area contributed by atoms with Crippen molar-refractivity contribution in [2.45, 2.75) is 0 Å². The zero-order valence-electron chi connectivity index (χ0n) is 14.0. The fourth-order valence-corrected chi connectivity index (χ4v) is 2.89. The Bertz CT molecular complexity index is 995. The van der Waals surface area contributed by atoms with Gasteiger partial charge in [0.1, 0.15) is 5.69 Å². The Labute approximate surface area is 151 Å². The first kappa shape index (κ1) is 15.8. The summed E-state index contributed by atoms with van der Waals surface area (Å²) in [6, 6.07) is 29.4. The number of aromatic amines is 1. The van der Waals surface area contributed by atoms with E-state index in [1.807, 2.05) is 91.0 Å². The van der Waals surface area contributed by atoms with Crippen LogP contribution in [0.5, 0.6) is 0 Å². The second-order valence-corrected chi connectivity index (χ2v) is 5.86. The topological polar surface area (TPSA) is 57.8 Å². The van der Waals surface area contributed by atoms with E-state index >= 15 is 0 Å². The van der Waals surface area contributed by atoms with Crippen LogP contribution in [0.15, 0.2) is 95.8 Å². The largest absolute Gasteiger partial charge is 0.352 e. The first-order valence-electron chi connectivity index (χ1n) is 8.38. The highest BCUT2D eigenvalue weighted by Crippen LogP contribution is 2.34. The van der Waals surface area contributed by atoms with Crippen LogP contribution in [0, 0.1) is 0 Å². The summed E-state index contributed by atoms with van der Waals surface area (Å²) in [5.74, 6) is 0. The molecule has 0 saturated heterocycles. The summed E-state index contributed by atoms with van der Waals surface area (Å²) in [5.41, 5.74) is 4.47. The molecule has 1 aromatic heterocycles. The van der Waals surface area contributed by atoms with Crippen molar-refractivity contribution >= 4 is 11.4 Å². The van der Waals surface area contributed by atoms with Gasteiger partial charge in [0, 0.05) is 16.8 Å². The van der Waals surface area contributed by atoms with Crippen LogP contribution in [0.25, 0.3) is 22.5 Å². The minimum atomic E-state index is -0.374. The van der Waals surface area contributed by atoms with E-state index in [9.17, 15) is 4.79 Å². The number of hydrogen-bond acceptors (Lipinski definition) is 3. The second-order valence-electron chi connectivity index (χ2n) is 5.86. The number of H-pyrrole nitrogens is 1. The summed E-state index contributed by atoms with van der Waals surface area (Å²) in [4.78, 5) is 19.4. The molecule has 4 rings (SSSR count). The molecule has 0 aliphatic rings. The van der Waals surface area contributed by atoms with Crippen molar-refractivity contribution in [1.29, 1.82) is 0 Å². The minimum Gasteiger partial charge on any atom is -0.352 e. The molecule has 0 atom stereocenters. The van der Waals surface area contributed by atoms with E-state index in [1.54, 1.807) is 0 Å². The monoisotopic (exact) mass is 339 g/mol. The van der Waals surface area contributed by atoms with Crippen molar-refractivity contribution in [1.82, 2.24) is 9.97 Å². The molecule has 4 nitrogen and oxygen atoms in total. The maximum atomic E-state index is 12.3. The van der Waals surface area contributed by atoms with E-state index in [-0.39, 0.29) is 5.69 Å². The van der Waals surface area contributed by atoms with Crippen LogP contribution in [0.3, 0.4) is 0 Å². The molecule has 0 spiro atoms. The van der Waals surface area contributed by atoms with Crippen molar-refractivity contribution in [3.05, 3.63) is 101 Å². The molecule has 26 heavy (non-hydrogen) atoms. The Balaban J connectivity index is 1.96. The van der Waals surface area contributed by atoms with Crippen molar-refractivity contribution in [3.8, 4) is 22.5 Å². The number of benzene rings is 3. The fourth-order valence-electron chi connectivity index (χ4n) is 2.89. The van der Waals surface area contributed by atoms with E-state index in [0.717, 1.165) is 22.5 Å². The SMILES string of the molecule is O=c1nc(-c2ccccc2)c(Nc2ccccc2)c(-c2ccccc2)[nH]1. The zero-order valence-corrected chi connectivity index (χ0v) is 14.0. The summed E-state index contributed by atoms with van der Waals surface area (Å²) in [7, 11) is 0. The molecule has 2 N–H and O–H groups in total.